The number of carbonyl (C=O) groups excluding carboxylic acids is 1. The average Bonchev–Trinajstić information content (AvgIpc) is 2.37. The number of alkyl halides is 3. The molecule has 3 nitrogen and oxygen atoms in total. The third-order valence-corrected chi connectivity index (χ3v) is 3.53. The van der Waals surface area contributed by atoms with Gasteiger partial charge in [0.1, 0.15) is 0 Å². The van der Waals surface area contributed by atoms with Crippen LogP contribution in [0.3, 0.4) is 0 Å². The standard InChI is InChI=1S/C10H15F3N2O.C2H6/c1-14-7-4-8(14)6-15(5-7)9(16)2-3-10(11,12)13;1-2/h7-8H,2-6H2,1H3;1-2H3. The molecule has 2 bridgehead atoms. The van der Waals surface area contributed by atoms with E-state index in [1.165, 1.54) is 0 Å². The van der Waals surface area contributed by atoms with Crippen molar-refractivity contribution in [3.63, 3.8) is 0 Å². The summed E-state index contributed by atoms with van der Waals surface area (Å²) in [7, 11) is 2.00. The minimum atomic E-state index is -4.23. The molecule has 0 saturated carbocycles. The van der Waals surface area contributed by atoms with Gasteiger partial charge in [-0.2, -0.15) is 13.2 Å². The van der Waals surface area contributed by atoms with Gasteiger partial charge in [-0.15, -0.1) is 0 Å². The molecule has 0 N–H and O–H groups in total. The highest BCUT2D eigenvalue weighted by molar-refractivity contribution is 5.76. The number of amides is 1. The van der Waals surface area contributed by atoms with E-state index in [-0.39, 0.29) is 5.91 Å². The summed E-state index contributed by atoms with van der Waals surface area (Å²) in [5.74, 6) is -0.361. The maximum Gasteiger partial charge on any atom is 0.389 e. The van der Waals surface area contributed by atoms with E-state index in [0.29, 0.717) is 25.2 Å². The Morgan fingerprint density at radius 1 is 1.22 bits per heavy atom. The Labute approximate surface area is 106 Å². The van der Waals surface area contributed by atoms with E-state index in [9.17, 15) is 18.0 Å². The third-order valence-electron chi connectivity index (χ3n) is 3.53. The highest BCUT2D eigenvalue weighted by Crippen LogP contribution is 2.31. The van der Waals surface area contributed by atoms with E-state index in [4.69, 9.17) is 0 Å². The Morgan fingerprint density at radius 2 is 1.72 bits per heavy atom. The van der Waals surface area contributed by atoms with E-state index in [1.54, 1.807) is 4.90 Å². The van der Waals surface area contributed by atoms with Gasteiger partial charge in [0, 0.05) is 31.6 Å². The van der Waals surface area contributed by atoms with Crippen LogP contribution in [-0.4, -0.2) is 54.1 Å². The Bertz CT molecular complexity index is 282. The molecule has 0 aromatic rings. The van der Waals surface area contributed by atoms with Crippen molar-refractivity contribution in [1.82, 2.24) is 9.80 Å². The third kappa shape index (κ3) is 3.60. The van der Waals surface area contributed by atoms with Crippen molar-refractivity contribution < 1.29 is 18.0 Å². The molecule has 0 aliphatic carbocycles. The molecule has 3 heterocycles. The molecule has 2 atom stereocenters. The molecule has 0 aromatic heterocycles. The zero-order chi connectivity index (χ0) is 13.9. The van der Waals surface area contributed by atoms with Crippen LogP contribution >= 0.6 is 0 Å². The second-order valence-corrected chi connectivity index (χ2v) is 4.62. The summed E-state index contributed by atoms with van der Waals surface area (Å²) in [5, 5.41) is 0. The predicted molar refractivity (Wildman–Crippen MR) is 63.2 cm³/mol. The second-order valence-electron chi connectivity index (χ2n) is 4.62. The normalized spacial score (nSPS) is 27.1. The first kappa shape index (κ1) is 15.3. The van der Waals surface area contributed by atoms with Crippen molar-refractivity contribution >= 4 is 5.91 Å². The first-order valence-electron chi connectivity index (χ1n) is 6.43. The largest absolute Gasteiger partial charge is 0.389 e. The van der Waals surface area contributed by atoms with Crippen molar-refractivity contribution in [2.75, 3.05) is 20.1 Å². The van der Waals surface area contributed by atoms with Crippen LogP contribution in [0.1, 0.15) is 33.1 Å². The highest BCUT2D eigenvalue weighted by Gasteiger charge is 2.43. The van der Waals surface area contributed by atoms with E-state index in [0.717, 1.165) is 6.42 Å². The number of hydrogen-bond acceptors (Lipinski definition) is 2. The molecule has 3 rings (SSSR count). The fourth-order valence-corrected chi connectivity index (χ4v) is 2.41. The zero-order valence-corrected chi connectivity index (χ0v) is 11.1. The number of nitrogens with zero attached hydrogens (tertiary/aromatic N) is 2. The lowest BCUT2D eigenvalue weighted by atomic mass is 9.88. The van der Waals surface area contributed by atoms with Crippen molar-refractivity contribution in [3.8, 4) is 0 Å². The van der Waals surface area contributed by atoms with Gasteiger partial charge >= 0.3 is 6.18 Å². The number of carbonyl (C=O) groups is 1. The Kier molecular flexibility index (Phi) is 5.01. The Hall–Kier alpha value is -0.780. The van der Waals surface area contributed by atoms with Crippen LogP contribution in [0.2, 0.25) is 0 Å². The lowest BCUT2D eigenvalue weighted by molar-refractivity contribution is -0.155. The van der Waals surface area contributed by atoms with Crippen LogP contribution in [0.5, 0.6) is 0 Å². The molecule has 0 aromatic carbocycles. The number of fused-ring (bicyclic) bond motifs is 2. The maximum absolute atomic E-state index is 12.0. The van der Waals surface area contributed by atoms with Crippen LogP contribution in [0.25, 0.3) is 0 Å². The molecule has 6 heteroatoms. The fourth-order valence-electron chi connectivity index (χ4n) is 2.41. The Morgan fingerprint density at radius 3 is 2.11 bits per heavy atom. The molecule has 3 aliphatic rings. The maximum atomic E-state index is 12.0. The number of piperidine rings is 1. The molecule has 0 radical (unpaired) electrons. The van der Waals surface area contributed by atoms with Crippen LogP contribution in [0.4, 0.5) is 13.2 Å². The summed E-state index contributed by atoms with van der Waals surface area (Å²) < 4.78 is 35.9. The van der Waals surface area contributed by atoms with Crippen molar-refractivity contribution in [2.45, 2.75) is 51.4 Å². The minimum Gasteiger partial charge on any atom is -0.340 e. The topological polar surface area (TPSA) is 23.6 Å². The van der Waals surface area contributed by atoms with Gasteiger partial charge in [-0.1, -0.05) is 13.8 Å². The van der Waals surface area contributed by atoms with Crippen LogP contribution in [0.15, 0.2) is 0 Å². The quantitative estimate of drug-likeness (QED) is 0.765. The van der Waals surface area contributed by atoms with Crippen molar-refractivity contribution in [3.05, 3.63) is 0 Å². The molecule has 1 amide bonds. The number of rotatable bonds is 2. The fraction of sp³-hybridized carbons (Fsp3) is 0.917. The molecule has 2 unspecified atom stereocenters. The lowest BCUT2D eigenvalue weighted by Crippen LogP contribution is -2.67. The Balaban J connectivity index is 0.000000771. The van der Waals surface area contributed by atoms with E-state index < -0.39 is 19.0 Å². The van der Waals surface area contributed by atoms with Gasteiger partial charge < -0.3 is 4.90 Å². The molecule has 0 spiro atoms. The smallest absolute Gasteiger partial charge is 0.340 e. The summed E-state index contributed by atoms with van der Waals surface area (Å²) in [4.78, 5) is 15.3. The van der Waals surface area contributed by atoms with E-state index in [1.807, 2.05) is 20.9 Å². The lowest BCUT2D eigenvalue weighted by Gasteiger charge is -2.54. The molecule has 3 aliphatic heterocycles. The van der Waals surface area contributed by atoms with Crippen LogP contribution in [-0.2, 0) is 4.79 Å². The SMILES string of the molecule is CC.CN1C2CC1CN(C(=O)CCC(F)(F)F)C2. The molecule has 3 fully saturated rings. The van der Waals surface area contributed by atoms with Gasteiger partial charge in [-0.25, -0.2) is 0 Å². The van der Waals surface area contributed by atoms with Crippen LogP contribution in [0, 0.1) is 0 Å². The van der Waals surface area contributed by atoms with Gasteiger partial charge in [0.05, 0.1) is 6.42 Å². The number of piperazine rings is 1. The number of likely N-dealkylation sites (N-methyl/N-ethyl adjacent to an activating group) is 1. The monoisotopic (exact) mass is 266 g/mol. The van der Waals surface area contributed by atoms with Crippen molar-refractivity contribution in [1.29, 1.82) is 0 Å². The van der Waals surface area contributed by atoms with Gasteiger partial charge in [0.15, 0.2) is 0 Å². The van der Waals surface area contributed by atoms with Gasteiger partial charge in [0.2, 0.25) is 5.91 Å². The molecule has 18 heavy (non-hydrogen) atoms. The summed E-state index contributed by atoms with van der Waals surface area (Å²) >= 11 is 0. The molecule has 3 saturated heterocycles. The highest BCUT2D eigenvalue weighted by atomic mass is 19.4. The first-order valence-corrected chi connectivity index (χ1v) is 6.43. The van der Waals surface area contributed by atoms with Crippen LogP contribution < -0.4 is 0 Å². The molecular weight excluding hydrogens is 245 g/mol. The summed E-state index contributed by atoms with van der Waals surface area (Å²) in [6.07, 6.45) is -4.58. The summed E-state index contributed by atoms with van der Waals surface area (Å²) in [6, 6.07) is 0.710. The van der Waals surface area contributed by atoms with Crippen molar-refractivity contribution in [2.24, 2.45) is 0 Å². The molecular formula is C12H21F3N2O. The van der Waals surface area contributed by atoms with Gasteiger partial charge in [-0.05, 0) is 13.5 Å². The zero-order valence-electron chi connectivity index (χ0n) is 11.1. The number of halogens is 3. The predicted octanol–water partition coefficient (Wildman–Crippen LogP) is 2.27. The summed E-state index contributed by atoms with van der Waals surface area (Å²) in [6.45, 7) is 5.17. The number of hydrogen-bond donors (Lipinski definition) is 0. The van der Waals surface area contributed by atoms with E-state index >= 15 is 0 Å². The van der Waals surface area contributed by atoms with Gasteiger partial charge in [-0.3, -0.25) is 9.69 Å². The average molecular weight is 266 g/mol. The van der Waals surface area contributed by atoms with Gasteiger partial charge in [0.25, 0.3) is 0 Å². The molecule has 106 valence electrons. The minimum absolute atomic E-state index is 0.355. The summed E-state index contributed by atoms with van der Waals surface area (Å²) in [5.41, 5.74) is 0. The van der Waals surface area contributed by atoms with E-state index in [2.05, 4.69) is 4.90 Å². The second kappa shape index (κ2) is 5.91. The first-order chi connectivity index (χ1) is 8.37.